The van der Waals surface area contributed by atoms with E-state index in [2.05, 4.69) is 15.8 Å². The minimum absolute atomic E-state index is 0.203. The first-order valence-electron chi connectivity index (χ1n) is 11.2. The highest BCUT2D eigenvalue weighted by Crippen LogP contribution is 2.16. The van der Waals surface area contributed by atoms with Crippen LogP contribution in [0, 0.1) is 6.92 Å². The Bertz CT molecular complexity index is 1190. The van der Waals surface area contributed by atoms with Crippen molar-refractivity contribution in [2.75, 3.05) is 13.2 Å². The number of benzene rings is 3. The fourth-order valence-corrected chi connectivity index (χ4v) is 3.00. The van der Waals surface area contributed by atoms with Gasteiger partial charge in [-0.2, -0.15) is 5.10 Å². The van der Waals surface area contributed by atoms with Gasteiger partial charge in [0.2, 0.25) is 0 Å². The van der Waals surface area contributed by atoms with E-state index in [-0.39, 0.29) is 12.5 Å². The molecule has 8 nitrogen and oxygen atoms in total. The average Bonchev–Trinajstić information content (AvgIpc) is 2.87. The second-order valence-corrected chi connectivity index (χ2v) is 7.62. The maximum atomic E-state index is 12.3. The highest BCUT2D eigenvalue weighted by Gasteiger charge is 2.10. The van der Waals surface area contributed by atoms with Crippen molar-refractivity contribution in [3.63, 3.8) is 0 Å². The molecule has 3 aromatic carbocycles. The molecular weight excluding hydrogens is 446 g/mol. The largest absolute Gasteiger partial charge is 0.494 e. The molecule has 3 rings (SSSR count). The molecule has 0 radical (unpaired) electrons. The lowest BCUT2D eigenvalue weighted by Gasteiger charge is -2.07. The zero-order valence-electron chi connectivity index (χ0n) is 19.6. The van der Waals surface area contributed by atoms with Crippen LogP contribution in [0.15, 0.2) is 77.9 Å². The predicted octanol–water partition coefficient (Wildman–Crippen LogP) is 3.88. The second kappa shape index (κ2) is 12.7. The lowest BCUT2D eigenvalue weighted by Crippen LogP contribution is -2.35. The van der Waals surface area contributed by atoms with E-state index in [4.69, 9.17) is 9.47 Å². The van der Waals surface area contributed by atoms with Gasteiger partial charge >= 0.3 is 5.97 Å². The maximum absolute atomic E-state index is 12.3. The van der Waals surface area contributed by atoms with Gasteiger partial charge in [-0.3, -0.25) is 9.59 Å². The number of carbonyl (C=O) groups is 3. The van der Waals surface area contributed by atoms with E-state index < -0.39 is 11.9 Å². The lowest BCUT2D eigenvalue weighted by atomic mass is 10.1. The molecular formula is C27H27N3O5. The van der Waals surface area contributed by atoms with Crippen molar-refractivity contribution < 1.29 is 23.9 Å². The van der Waals surface area contributed by atoms with Crippen LogP contribution in [0.4, 0.5) is 0 Å². The van der Waals surface area contributed by atoms with Crippen LogP contribution in [0.2, 0.25) is 0 Å². The first kappa shape index (κ1) is 25.2. The molecule has 35 heavy (non-hydrogen) atoms. The van der Waals surface area contributed by atoms with Gasteiger partial charge in [-0.25, -0.2) is 10.2 Å². The quantitative estimate of drug-likeness (QED) is 0.201. The van der Waals surface area contributed by atoms with Crippen molar-refractivity contribution in [1.29, 1.82) is 0 Å². The Kier molecular flexibility index (Phi) is 9.13. The molecule has 0 saturated carbocycles. The van der Waals surface area contributed by atoms with Gasteiger partial charge in [-0.15, -0.1) is 0 Å². The van der Waals surface area contributed by atoms with Crippen LogP contribution < -0.4 is 20.2 Å². The zero-order chi connectivity index (χ0) is 25.0. The molecule has 2 N–H and O–H groups in total. The topological polar surface area (TPSA) is 106 Å². The molecule has 0 aliphatic carbocycles. The van der Waals surface area contributed by atoms with Crippen molar-refractivity contribution in [2.24, 2.45) is 5.10 Å². The summed E-state index contributed by atoms with van der Waals surface area (Å²) in [5, 5.41) is 6.44. The van der Waals surface area contributed by atoms with Gasteiger partial charge in [0.1, 0.15) is 11.5 Å². The third kappa shape index (κ3) is 7.82. The van der Waals surface area contributed by atoms with Crippen LogP contribution in [0.1, 0.15) is 45.2 Å². The molecule has 0 aliphatic rings. The number of nitrogens with one attached hydrogen (secondary N) is 2. The normalized spacial score (nSPS) is 10.6. The van der Waals surface area contributed by atoms with Gasteiger partial charge in [0, 0.05) is 5.56 Å². The van der Waals surface area contributed by atoms with Crippen LogP contribution in [-0.2, 0) is 4.79 Å². The number of aryl methyl sites for hydroxylation is 1. The maximum Gasteiger partial charge on any atom is 0.343 e. The Morgan fingerprint density at radius 3 is 2.29 bits per heavy atom. The minimum Gasteiger partial charge on any atom is -0.494 e. The number of rotatable bonds is 10. The Hall–Kier alpha value is -4.46. The average molecular weight is 474 g/mol. The highest BCUT2D eigenvalue weighted by molar-refractivity contribution is 5.97. The fourth-order valence-electron chi connectivity index (χ4n) is 3.00. The number of hydrogen-bond donors (Lipinski definition) is 2. The Morgan fingerprint density at radius 2 is 1.60 bits per heavy atom. The standard InChI is InChI=1S/C27H27N3O5/c1-3-16-34-22-14-10-21(11-15-22)27(33)35-23-12-8-20(9-13-23)17-29-30-25(31)18-28-26(32)24-7-5-4-6-19(24)2/h4-15,17H,3,16,18H2,1-2H3,(H,28,32)(H,30,31)/b29-17-. The van der Waals surface area contributed by atoms with E-state index >= 15 is 0 Å². The lowest BCUT2D eigenvalue weighted by molar-refractivity contribution is -0.120. The molecule has 2 amide bonds. The molecule has 3 aromatic rings. The van der Waals surface area contributed by atoms with E-state index in [1.807, 2.05) is 26.0 Å². The summed E-state index contributed by atoms with van der Waals surface area (Å²) in [6.07, 6.45) is 2.35. The summed E-state index contributed by atoms with van der Waals surface area (Å²) in [4.78, 5) is 36.4. The Balaban J connectivity index is 1.44. The van der Waals surface area contributed by atoms with Crippen LogP contribution in [0.3, 0.4) is 0 Å². The summed E-state index contributed by atoms with van der Waals surface area (Å²) in [5.41, 5.74) is 4.80. The monoisotopic (exact) mass is 473 g/mol. The Morgan fingerprint density at radius 1 is 0.914 bits per heavy atom. The van der Waals surface area contributed by atoms with Crippen molar-refractivity contribution in [3.05, 3.63) is 95.1 Å². The third-order valence-electron chi connectivity index (χ3n) is 4.86. The van der Waals surface area contributed by atoms with Crippen molar-refractivity contribution in [2.45, 2.75) is 20.3 Å². The van der Waals surface area contributed by atoms with Crippen molar-refractivity contribution >= 4 is 24.0 Å². The summed E-state index contributed by atoms with van der Waals surface area (Å²) in [6, 6.07) is 20.5. The first-order valence-corrected chi connectivity index (χ1v) is 11.2. The van der Waals surface area contributed by atoms with Gasteiger partial charge in [0.05, 0.1) is 24.9 Å². The smallest absolute Gasteiger partial charge is 0.343 e. The highest BCUT2D eigenvalue weighted by atomic mass is 16.5. The summed E-state index contributed by atoms with van der Waals surface area (Å²) >= 11 is 0. The molecule has 0 spiro atoms. The summed E-state index contributed by atoms with van der Waals surface area (Å²) in [5.74, 6) is -0.185. The molecule has 0 unspecified atom stereocenters. The number of esters is 1. The fraction of sp³-hybridized carbons (Fsp3) is 0.185. The molecule has 8 heteroatoms. The van der Waals surface area contributed by atoms with E-state index in [1.54, 1.807) is 60.7 Å². The first-order chi connectivity index (χ1) is 17.0. The van der Waals surface area contributed by atoms with E-state index in [9.17, 15) is 14.4 Å². The van der Waals surface area contributed by atoms with Crippen LogP contribution in [0.25, 0.3) is 0 Å². The van der Waals surface area contributed by atoms with Crippen molar-refractivity contribution in [1.82, 2.24) is 10.7 Å². The number of nitrogens with zero attached hydrogens (tertiary/aromatic N) is 1. The van der Waals surface area contributed by atoms with Gasteiger partial charge in [0.15, 0.2) is 0 Å². The molecule has 0 heterocycles. The van der Waals surface area contributed by atoms with E-state index in [0.29, 0.717) is 34.8 Å². The van der Waals surface area contributed by atoms with Gasteiger partial charge in [-0.05, 0) is 79.1 Å². The molecule has 180 valence electrons. The number of carbonyl (C=O) groups excluding carboxylic acids is 3. The molecule has 0 aliphatic heterocycles. The van der Waals surface area contributed by atoms with Crippen LogP contribution in [-0.4, -0.2) is 37.1 Å². The summed E-state index contributed by atoms with van der Waals surface area (Å²) in [7, 11) is 0. The number of amides is 2. The number of ether oxygens (including phenoxy) is 2. The Labute approximate surface area is 204 Å². The van der Waals surface area contributed by atoms with Gasteiger partial charge < -0.3 is 14.8 Å². The van der Waals surface area contributed by atoms with E-state index in [0.717, 1.165) is 12.0 Å². The summed E-state index contributed by atoms with van der Waals surface area (Å²) < 4.78 is 10.9. The zero-order valence-corrected chi connectivity index (χ0v) is 19.6. The van der Waals surface area contributed by atoms with E-state index in [1.165, 1.54) is 6.21 Å². The third-order valence-corrected chi connectivity index (χ3v) is 4.86. The van der Waals surface area contributed by atoms with Crippen molar-refractivity contribution in [3.8, 4) is 11.5 Å². The molecule has 0 bridgehead atoms. The van der Waals surface area contributed by atoms with Crippen LogP contribution in [0.5, 0.6) is 11.5 Å². The molecule has 0 fully saturated rings. The summed E-state index contributed by atoms with van der Waals surface area (Å²) in [6.45, 7) is 4.26. The van der Waals surface area contributed by atoms with Crippen LogP contribution >= 0.6 is 0 Å². The molecule has 0 atom stereocenters. The van der Waals surface area contributed by atoms with Gasteiger partial charge in [0.25, 0.3) is 11.8 Å². The number of hydrogen-bond acceptors (Lipinski definition) is 6. The minimum atomic E-state index is -0.478. The predicted molar refractivity (Wildman–Crippen MR) is 133 cm³/mol. The molecule has 0 saturated heterocycles. The molecule has 0 aromatic heterocycles. The number of hydrazone groups is 1. The SMILES string of the molecule is CCCOc1ccc(C(=O)Oc2ccc(/C=N\NC(=O)CNC(=O)c3ccccc3C)cc2)cc1. The second-order valence-electron chi connectivity index (χ2n) is 7.62. The van der Waals surface area contributed by atoms with Gasteiger partial charge in [-0.1, -0.05) is 25.1 Å².